The Morgan fingerprint density at radius 3 is 2.92 bits per heavy atom. The molecule has 1 aromatic heterocycles. The van der Waals surface area contributed by atoms with Gasteiger partial charge in [-0.3, -0.25) is 9.69 Å². The number of amides is 1. The zero-order valence-corrected chi connectivity index (χ0v) is 14.7. The van der Waals surface area contributed by atoms with Gasteiger partial charge in [0.15, 0.2) is 17.5 Å². The number of aromatic nitrogens is 2. The molecule has 1 aromatic carbocycles. The van der Waals surface area contributed by atoms with Gasteiger partial charge in [-0.2, -0.15) is 4.98 Å². The van der Waals surface area contributed by atoms with Gasteiger partial charge in [0.2, 0.25) is 0 Å². The molecule has 1 N–H and O–H groups in total. The Labute approximate surface area is 150 Å². The van der Waals surface area contributed by atoms with Crippen molar-refractivity contribution in [2.75, 3.05) is 32.5 Å². The molecule has 0 saturated carbocycles. The van der Waals surface area contributed by atoms with Crippen molar-refractivity contribution >= 4 is 11.6 Å². The van der Waals surface area contributed by atoms with E-state index in [9.17, 15) is 13.6 Å². The molecule has 1 aliphatic heterocycles. The zero-order valence-electron chi connectivity index (χ0n) is 14.7. The Bertz CT molecular complexity index is 780. The predicted molar refractivity (Wildman–Crippen MR) is 90.6 cm³/mol. The van der Waals surface area contributed by atoms with Crippen LogP contribution < -0.4 is 5.32 Å². The van der Waals surface area contributed by atoms with Crippen LogP contribution >= 0.6 is 0 Å². The summed E-state index contributed by atoms with van der Waals surface area (Å²) in [5, 5.41) is 7.09. The van der Waals surface area contributed by atoms with Crippen molar-refractivity contribution in [1.29, 1.82) is 0 Å². The van der Waals surface area contributed by atoms with Gasteiger partial charge in [0, 0.05) is 38.4 Å². The molecule has 0 spiro atoms. The second-order valence-corrected chi connectivity index (χ2v) is 6.56. The number of hydrogen-bond acceptors (Lipinski definition) is 6. The van der Waals surface area contributed by atoms with Crippen LogP contribution in [0.15, 0.2) is 22.7 Å². The molecule has 26 heavy (non-hydrogen) atoms. The summed E-state index contributed by atoms with van der Waals surface area (Å²) in [6, 6.07) is 3.90. The minimum Gasteiger partial charge on any atom is -0.381 e. The van der Waals surface area contributed by atoms with E-state index in [0.29, 0.717) is 24.6 Å². The van der Waals surface area contributed by atoms with Crippen LogP contribution in [0, 0.1) is 11.6 Å². The third-order valence-electron chi connectivity index (χ3n) is 4.22. The largest absolute Gasteiger partial charge is 0.381 e. The molecule has 7 nitrogen and oxygen atoms in total. The number of anilines is 1. The molecule has 1 saturated heterocycles. The maximum atomic E-state index is 13.3. The van der Waals surface area contributed by atoms with Crippen molar-refractivity contribution in [2.45, 2.75) is 25.4 Å². The van der Waals surface area contributed by atoms with Gasteiger partial charge < -0.3 is 14.7 Å². The number of benzene rings is 1. The van der Waals surface area contributed by atoms with Crippen LogP contribution in [0.3, 0.4) is 0 Å². The SMILES string of the molecule is CN(C)C(=O)c1nc(CN2CCCC(Nc3ccc(F)c(F)c3)C2)no1. The summed E-state index contributed by atoms with van der Waals surface area (Å²) in [7, 11) is 3.23. The summed E-state index contributed by atoms with van der Waals surface area (Å²) in [5.74, 6) is -1.64. The molecule has 0 bridgehead atoms. The lowest BCUT2D eigenvalue weighted by molar-refractivity contribution is 0.0779. The number of nitrogens with one attached hydrogen (secondary N) is 1. The fraction of sp³-hybridized carbons (Fsp3) is 0.471. The lowest BCUT2D eigenvalue weighted by atomic mass is 10.1. The first-order chi connectivity index (χ1) is 12.4. The Hall–Kier alpha value is -2.55. The second-order valence-electron chi connectivity index (χ2n) is 6.56. The molecule has 1 atom stereocenters. The number of likely N-dealkylation sites (tertiary alicyclic amines) is 1. The van der Waals surface area contributed by atoms with Crippen molar-refractivity contribution in [3.63, 3.8) is 0 Å². The highest BCUT2D eigenvalue weighted by atomic mass is 19.2. The van der Waals surface area contributed by atoms with E-state index in [1.54, 1.807) is 14.1 Å². The Balaban J connectivity index is 1.58. The van der Waals surface area contributed by atoms with Gasteiger partial charge in [-0.15, -0.1) is 0 Å². The van der Waals surface area contributed by atoms with Crippen LogP contribution in [0.25, 0.3) is 0 Å². The predicted octanol–water partition coefficient (Wildman–Crippen LogP) is 2.13. The molecule has 140 valence electrons. The number of carbonyl (C=O) groups excluding carboxylic acids is 1. The average Bonchev–Trinajstić information content (AvgIpc) is 3.06. The highest BCUT2D eigenvalue weighted by Gasteiger charge is 2.23. The first kappa shape index (κ1) is 18.2. The standard InChI is InChI=1S/C17H21F2N5O2/c1-23(2)17(25)16-21-15(22-26-16)10-24-7-3-4-12(9-24)20-11-5-6-13(18)14(19)8-11/h5-6,8,12,20H,3-4,7,9-10H2,1-2H3. The molecular formula is C17H21F2N5O2. The topological polar surface area (TPSA) is 74.5 Å². The van der Waals surface area contributed by atoms with Crippen LogP contribution in [-0.2, 0) is 6.54 Å². The van der Waals surface area contributed by atoms with Gasteiger partial charge in [-0.25, -0.2) is 8.78 Å². The first-order valence-corrected chi connectivity index (χ1v) is 8.40. The van der Waals surface area contributed by atoms with Crippen molar-refractivity contribution in [2.24, 2.45) is 0 Å². The maximum absolute atomic E-state index is 13.3. The molecule has 1 aliphatic rings. The van der Waals surface area contributed by atoms with Gasteiger partial charge in [-0.05, 0) is 31.5 Å². The second kappa shape index (κ2) is 7.77. The number of carbonyl (C=O) groups is 1. The lowest BCUT2D eigenvalue weighted by Gasteiger charge is -2.32. The zero-order chi connectivity index (χ0) is 18.7. The Kier molecular flexibility index (Phi) is 5.46. The average molecular weight is 365 g/mol. The van der Waals surface area contributed by atoms with Crippen LogP contribution in [0.4, 0.5) is 14.5 Å². The van der Waals surface area contributed by atoms with Gasteiger partial charge >= 0.3 is 11.8 Å². The van der Waals surface area contributed by atoms with Crippen LogP contribution in [0.5, 0.6) is 0 Å². The molecule has 0 radical (unpaired) electrons. The van der Waals surface area contributed by atoms with E-state index in [1.807, 2.05) is 0 Å². The van der Waals surface area contributed by atoms with Gasteiger partial charge in [-0.1, -0.05) is 5.16 Å². The highest BCUT2D eigenvalue weighted by Crippen LogP contribution is 2.19. The number of rotatable bonds is 5. The van der Waals surface area contributed by atoms with E-state index in [4.69, 9.17) is 4.52 Å². The summed E-state index contributed by atoms with van der Waals surface area (Å²) in [6.45, 7) is 2.02. The normalized spacial score (nSPS) is 17.9. The molecule has 1 fully saturated rings. The lowest BCUT2D eigenvalue weighted by Crippen LogP contribution is -2.41. The van der Waals surface area contributed by atoms with E-state index >= 15 is 0 Å². The van der Waals surface area contributed by atoms with Crippen LogP contribution in [0.2, 0.25) is 0 Å². The smallest absolute Gasteiger partial charge is 0.316 e. The van der Waals surface area contributed by atoms with E-state index in [0.717, 1.165) is 31.5 Å². The number of halogens is 2. The summed E-state index contributed by atoms with van der Waals surface area (Å²) in [5.41, 5.74) is 0.550. The fourth-order valence-electron chi connectivity index (χ4n) is 2.93. The molecule has 3 rings (SSSR count). The maximum Gasteiger partial charge on any atom is 0.316 e. The molecule has 0 aliphatic carbocycles. The Morgan fingerprint density at radius 1 is 1.38 bits per heavy atom. The van der Waals surface area contributed by atoms with Gasteiger partial charge in [0.05, 0.1) is 6.54 Å². The van der Waals surface area contributed by atoms with E-state index < -0.39 is 11.6 Å². The molecule has 2 aromatic rings. The van der Waals surface area contributed by atoms with Crippen LogP contribution in [0.1, 0.15) is 29.4 Å². The van der Waals surface area contributed by atoms with Crippen molar-refractivity contribution in [3.05, 3.63) is 41.5 Å². The number of hydrogen-bond donors (Lipinski definition) is 1. The van der Waals surface area contributed by atoms with Gasteiger partial charge in [0.25, 0.3) is 0 Å². The molecular weight excluding hydrogens is 344 g/mol. The highest BCUT2D eigenvalue weighted by molar-refractivity contribution is 5.89. The van der Waals surface area contributed by atoms with Crippen molar-refractivity contribution in [1.82, 2.24) is 19.9 Å². The Morgan fingerprint density at radius 2 is 2.19 bits per heavy atom. The van der Waals surface area contributed by atoms with E-state index in [-0.39, 0.29) is 17.8 Å². The number of piperidine rings is 1. The van der Waals surface area contributed by atoms with Gasteiger partial charge in [0.1, 0.15) is 0 Å². The molecule has 1 unspecified atom stereocenters. The van der Waals surface area contributed by atoms with Crippen molar-refractivity contribution in [3.8, 4) is 0 Å². The minimum atomic E-state index is -0.868. The quantitative estimate of drug-likeness (QED) is 0.875. The first-order valence-electron chi connectivity index (χ1n) is 8.40. The summed E-state index contributed by atoms with van der Waals surface area (Å²) < 4.78 is 31.4. The molecule has 1 amide bonds. The van der Waals surface area contributed by atoms with Crippen molar-refractivity contribution < 1.29 is 18.1 Å². The van der Waals surface area contributed by atoms with E-state index in [2.05, 4.69) is 20.4 Å². The van der Waals surface area contributed by atoms with E-state index in [1.165, 1.54) is 11.0 Å². The molecule has 9 heteroatoms. The fourth-order valence-corrected chi connectivity index (χ4v) is 2.93. The number of nitrogens with zero attached hydrogens (tertiary/aromatic N) is 4. The summed E-state index contributed by atoms with van der Waals surface area (Å²) in [6.07, 6.45) is 1.87. The third kappa shape index (κ3) is 4.34. The molecule has 2 heterocycles. The summed E-state index contributed by atoms with van der Waals surface area (Å²) >= 11 is 0. The van der Waals surface area contributed by atoms with Crippen LogP contribution in [-0.4, -0.2) is 59.1 Å². The minimum absolute atomic E-state index is 0.0292. The summed E-state index contributed by atoms with van der Waals surface area (Å²) in [4.78, 5) is 19.4. The third-order valence-corrected chi connectivity index (χ3v) is 4.22. The monoisotopic (exact) mass is 365 g/mol.